The molecule has 94 valence electrons. The second-order valence-corrected chi connectivity index (χ2v) is 6.64. The summed E-state index contributed by atoms with van der Waals surface area (Å²) in [5.74, 6) is 0.268. The molecule has 0 amide bonds. The van der Waals surface area contributed by atoms with Crippen molar-refractivity contribution in [1.29, 1.82) is 0 Å². The second-order valence-electron chi connectivity index (χ2n) is 6.20. The van der Waals surface area contributed by atoms with Gasteiger partial charge in [-0.3, -0.25) is 0 Å². The van der Waals surface area contributed by atoms with E-state index in [1.54, 1.807) is 0 Å². The summed E-state index contributed by atoms with van der Waals surface area (Å²) in [5.41, 5.74) is 0.595. The summed E-state index contributed by atoms with van der Waals surface area (Å²) in [4.78, 5) is 0. The van der Waals surface area contributed by atoms with Crippen LogP contribution in [0.25, 0.3) is 0 Å². The normalized spacial score (nSPS) is 32.4. The minimum atomic E-state index is -0.708. The van der Waals surface area contributed by atoms with Gasteiger partial charge in [-0.25, -0.2) is 0 Å². The number of hydrogen-bond acceptors (Lipinski definition) is 1. The molecule has 17 heavy (non-hydrogen) atoms. The fourth-order valence-corrected chi connectivity index (χ4v) is 3.25. The van der Waals surface area contributed by atoms with E-state index in [9.17, 15) is 5.11 Å². The van der Waals surface area contributed by atoms with Crippen LogP contribution in [0.3, 0.4) is 0 Å². The van der Waals surface area contributed by atoms with Gasteiger partial charge in [0, 0.05) is 5.02 Å². The van der Waals surface area contributed by atoms with Gasteiger partial charge >= 0.3 is 0 Å². The van der Waals surface area contributed by atoms with Gasteiger partial charge in [0.1, 0.15) is 0 Å². The summed E-state index contributed by atoms with van der Waals surface area (Å²) in [6.45, 7) is 6.70. The van der Waals surface area contributed by atoms with Crippen LogP contribution in [-0.4, -0.2) is 5.11 Å². The third-order valence-electron chi connectivity index (χ3n) is 4.18. The SMILES string of the molecule is CC1CC(C)(C)CCC1(O)c1cccc(Cl)c1. The van der Waals surface area contributed by atoms with Crippen LogP contribution in [0, 0.1) is 11.3 Å². The lowest BCUT2D eigenvalue weighted by Crippen LogP contribution is -2.41. The smallest absolute Gasteiger partial charge is 0.0922 e. The molecule has 1 fully saturated rings. The number of rotatable bonds is 1. The third kappa shape index (κ3) is 2.51. The molecule has 1 aromatic rings. The van der Waals surface area contributed by atoms with Crippen LogP contribution in [0.15, 0.2) is 24.3 Å². The molecule has 2 unspecified atom stereocenters. The predicted molar refractivity (Wildman–Crippen MR) is 72.1 cm³/mol. The molecule has 1 N–H and O–H groups in total. The van der Waals surface area contributed by atoms with Crippen LogP contribution in [0.4, 0.5) is 0 Å². The first kappa shape index (κ1) is 12.9. The fourth-order valence-electron chi connectivity index (χ4n) is 3.06. The minimum Gasteiger partial charge on any atom is -0.385 e. The zero-order valence-electron chi connectivity index (χ0n) is 10.8. The molecule has 0 spiro atoms. The zero-order valence-corrected chi connectivity index (χ0v) is 11.6. The number of benzene rings is 1. The molecule has 1 saturated carbocycles. The van der Waals surface area contributed by atoms with E-state index in [-0.39, 0.29) is 5.92 Å². The molecular formula is C15H21ClO. The minimum absolute atomic E-state index is 0.268. The van der Waals surface area contributed by atoms with Crippen molar-refractivity contribution in [3.8, 4) is 0 Å². The van der Waals surface area contributed by atoms with Crippen LogP contribution >= 0.6 is 11.6 Å². The molecule has 1 aliphatic rings. The highest BCUT2D eigenvalue weighted by molar-refractivity contribution is 6.30. The van der Waals surface area contributed by atoms with Gasteiger partial charge in [-0.15, -0.1) is 0 Å². The first-order valence-corrected chi connectivity index (χ1v) is 6.70. The van der Waals surface area contributed by atoms with E-state index in [4.69, 9.17) is 11.6 Å². The summed E-state index contributed by atoms with van der Waals surface area (Å²) >= 11 is 6.02. The van der Waals surface area contributed by atoms with Crippen molar-refractivity contribution in [3.63, 3.8) is 0 Å². The second kappa shape index (κ2) is 4.29. The van der Waals surface area contributed by atoms with Crippen molar-refractivity contribution in [3.05, 3.63) is 34.9 Å². The third-order valence-corrected chi connectivity index (χ3v) is 4.42. The lowest BCUT2D eigenvalue weighted by atomic mass is 9.63. The first-order valence-electron chi connectivity index (χ1n) is 6.32. The van der Waals surface area contributed by atoms with E-state index in [0.717, 1.165) is 24.8 Å². The van der Waals surface area contributed by atoms with Crippen molar-refractivity contribution in [1.82, 2.24) is 0 Å². The molecule has 0 radical (unpaired) electrons. The molecular weight excluding hydrogens is 232 g/mol. The van der Waals surface area contributed by atoms with Crippen molar-refractivity contribution in [2.24, 2.45) is 11.3 Å². The van der Waals surface area contributed by atoms with E-state index < -0.39 is 5.60 Å². The Morgan fingerprint density at radius 3 is 2.59 bits per heavy atom. The van der Waals surface area contributed by atoms with Gasteiger partial charge in [-0.2, -0.15) is 0 Å². The Balaban J connectivity index is 2.31. The van der Waals surface area contributed by atoms with Gasteiger partial charge in [0.25, 0.3) is 0 Å². The van der Waals surface area contributed by atoms with E-state index in [1.165, 1.54) is 0 Å². The van der Waals surface area contributed by atoms with Crippen LogP contribution in [-0.2, 0) is 5.60 Å². The van der Waals surface area contributed by atoms with E-state index in [2.05, 4.69) is 20.8 Å². The Hall–Kier alpha value is -0.530. The Kier molecular flexibility index (Phi) is 3.26. The summed E-state index contributed by atoms with van der Waals surface area (Å²) in [6.07, 6.45) is 2.93. The average Bonchev–Trinajstić information content (AvgIpc) is 2.24. The number of aliphatic hydroxyl groups is 1. The summed E-state index contributed by atoms with van der Waals surface area (Å²) in [5, 5.41) is 11.6. The molecule has 2 rings (SSSR count). The standard InChI is InChI=1S/C15H21ClO/c1-11-10-14(2,3)7-8-15(11,17)12-5-4-6-13(16)9-12/h4-6,9,11,17H,7-8,10H2,1-3H3. The predicted octanol–water partition coefficient (Wildman–Crippen LogP) is 4.37. The van der Waals surface area contributed by atoms with Crippen molar-refractivity contribution in [2.45, 2.75) is 45.6 Å². The highest BCUT2D eigenvalue weighted by Crippen LogP contribution is 2.48. The van der Waals surface area contributed by atoms with Gasteiger partial charge < -0.3 is 5.11 Å². The van der Waals surface area contributed by atoms with Gasteiger partial charge in [0.2, 0.25) is 0 Å². The maximum atomic E-state index is 10.9. The molecule has 0 saturated heterocycles. The van der Waals surface area contributed by atoms with Gasteiger partial charge in [0.15, 0.2) is 0 Å². The number of halogens is 1. The lowest BCUT2D eigenvalue weighted by molar-refractivity contribution is -0.0769. The van der Waals surface area contributed by atoms with Crippen LogP contribution in [0.1, 0.15) is 45.6 Å². The fraction of sp³-hybridized carbons (Fsp3) is 0.600. The van der Waals surface area contributed by atoms with Gasteiger partial charge in [0.05, 0.1) is 5.60 Å². The van der Waals surface area contributed by atoms with Crippen molar-refractivity contribution in [2.75, 3.05) is 0 Å². The van der Waals surface area contributed by atoms with E-state index in [1.807, 2.05) is 24.3 Å². The molecule has 2 atom stereocenters. The monoisotopic (exact) mass is 252 g/mol. The van der Waals surface area contributed by atoms with Gasteiger partial charge in [-0.05, 0) is 48.3 Å². The first-order chi connectivity index (χ1) is 7.83. The molecule has 0 aliphatic heterocycles. The Morgan fingerprint density at radius 2 is 2.00 bits per heavy atom. The zero-order chi connectivity index (χ0) is 12.7. The summed E-state index contributed by atoms with van der Waals surface area (Å²) < 4.78 is 0. The van der Waals surface area contributed by atoms with Gasteiger partial charge in [-0.1, -0.05) is 44.5 Å². The lowest BCUT2D eigenvalue weighted by Gasteiger charge is -2.45. The average molecular weight is 253 g/mol. The number of hydrogen-bond donors (Lipinski definition) is 1. The maximum Gasteiger partial charge on any atom is 0.0922 e. The van der Waals surface area contributed by atoms with Crippen LogP contribution in [0.5, 0.6) is 0 Å². The summed E-state index contributed by atoms with van der Waals surface area (Å²) in [6, 6.07) is 7.66. The largest absolute Gasteiger partial charge is 0.385 e. The van der Waals surface area contributed by atoms with Crippen molar-refractivity contribution < 1.29 is 5.11 Å². The van der Waals surface area contributed by atoms with Crippen molar-refractivity contribution >= 4 is 11.6 Å². The molecule has 1 nitrogen and oxygen atoms in total. The quantitative estimate of drug-likeness (QED) is 0.787. The van der Waals surface area contributed by atoms with E-state index >= 15 is 0 Å². The van der Waals surface area contributed by atoms with Crippen LogP contribution in [0.2, 0.25) is 5.02 Å². The Morgan fingerprint density at radius 1 is 1.29 bits per heavy atom. The highest BCUT2D eigenvalue weighted by Gasteiger charge is 2.43. The van der Waals surface area contributed by atoms with Crippen LogP contribution < -0.4 is 0 Å². The topological polar surface area (TPSA) is 20.2 Å². The molecule has 0 aromatic heterocycles. The molecule has 0 heterocycles. The Bertz CT molecular complexity index is 413. The molecule has 0 bridgehead atoms. The summed E-state index contributed by atoms with van der Waals surface area (Å²) in [7, 11) is 0. The molecule has 1 aromatic carbocycles. The Labute approximate surface area is 109 Å². The molecule has 1 aliphatic carbocycles. The maximum absolute atomic E-state index is 10.9. The highest BCUT2D eigenvalue weighted by atomic mass is 35.5. The van der Waals surface area contributed by atoms with E-state index in [0.29, 0.717) is 10.4 Å². The molecule has 2 heteroatoms.